The van der Waals surface area contributed by atoms with Crippen molar-refractivity contribution in [3.05, 3.63) is 58.3 Å². The number of benzene rings is 1. The fourth-order valence-electron chi connectivity index (χ4n) is 4.02. The molecule has 2 atom stereocenters. The van der Waals surface area contributed by atoms with E-state index in [9.17, 15) is 15.8 Å². The Kier molecular flexibility index (Phi) is 3.88. The molecule has 1 aromatic carbocycles. The zero-order valence-electron chi connectivity index (χ0n) is 13.6. The molecular formula is C20H18N4. The van der Waals surface area contributed by atoms with Crippen LogP contribution in [0.1, 0.15) is 36.3 Å². The van der Waals surface area contributed by atoms with Crippen molar-refractivity contribution in [2.75, 3.05) is 0 Å². The lowest BCUT2D eigenvalue weighted by Crippen LogP contribution is -2.42. The van der Waals surface area contributed by atoms with Crippen LogP contribution in [0.25, 0.3) is 0 Å². The maximum atomic E-state index is 9.89. The first-order valence-electron chi connectivity index (χ1n) is 8.09. The molecule has 0 amide bonds. The zero-order valence-corrected chi connectivity index (χ0v) is 13.6. The van der Waals surface area contributed by atoms with Gasteiger partial charge in [0.2, 0.25) is 0 Å². The predicted octanol–water partition coefficient (Wildman–Crippen LogP) is 3.59. The van der Waals surface area contributed by atoms with Gasteiger partial charge < -0.3 is 5.73 Å². The van der Waals surface area contributed by atoms with Gasteiger partial charge in [0, 0.05) is 5.92 Å². The summed E-state index contributed by atoms with van der Waals surface area (Å²) < 4.78 is 0. The number of fused-ring (bicyclic) bond motifs is 1. The quantitative estimate of drug-likeness (QED) is 0.856. The molecule has 0 bridgehead atoms. The standard InChI is InChI=1S/C20H18N4/c1-13-6-8-14(9-7-13)18-16-5-3-2-4-15(16)17(10-21)19(24)20(18,11-22)12-23/h4,6-9,16,18H,2-3,5,24H2,1H3/t16-,18-/m0/s1. The highest BCUT2D eigenvalue weighted by Crippen LogP contribution is 2.55. The molecule has 118 valence electrons. The van der Waals surface area contributed by atoms with E-state index < -0.39 is 5.41 Å². The Balaban J connectivity index is 2.31. The van der Waals surface area contributed by atoms with E-state index in [2.05, 4.69) is 24.3 Å². The number of hydrogen-bond acceptors (Lipinski definition) is 4. The molecule has 3 rings (SSSR count). The Hall–Kier alpha value is -3.03. The van der Waals surface area contributed by atoms with Crippen LogP contribution in [-0.4, -0.2) is 0 Å². The normalized spacial score (nSPS) is 24.8. The number of nitriles is 3. The van der Waals surface area contributed by atoms with E-state index in [-0.39, 0.29) is 17.5 Å². The molecule has 24 heavy (non-hydrogen) atoms. The maximum absolute atomic E-state index is 9.89. The minimum absolute atomic E-state index is 0.0253. The average Bonchev–Trinajstić information content (AvgIpc) is 2.62. The summed E-state index contributed by atoms with van der Waals surface area (Å²) in [6, 6.07) is 14.4. The van der Waals surface area contributed by atoms with Gasteiger partial charge in [-0.3, -0.25) is 0 Å². The summed E-state index contributed by atoms with van der Waals surface area (Å²) in [5, 5.41) is 29.3. The molecule has 1 aromatic rings. The van der Waals surface area contributed by atoms with Crippen molar-refractivity contribution in [2.24, 2.45) is 17.1 Å². The van der Waals surface area contributed by atoms with Gasteiger partial charge in [-0.15, -0.1) is 0 Å². The van der Waals surface area contributed by atoms with Gasteiger partial charge in [0.15, 0.2) is 5.41 Å². The SMILES string of the molecule is Cc1ccc([C@H]2[C@H]3CCCC=C3C(C#N)=C(N)C2(C#N)C#N)cc1. The third-order valence-electron chi connectivity index (χ3n) is 5.24. The van der Waals surface area contributed by atoms with Crippen LogP contribution in [-0.2, 0) is 0 Å². The number of allylic oxidation sites excluding steroid dienone is 4. The van der Waals surface area contributed by atoms with Crippen molar-refractivity contribution < 1.29 is 0 Å². The first-order valence-corrected chi connectivity index (χ1v) is 8.09. The largest absolute Gasteiger partial charge is 0.399 e. The molecule has 2 N–H and O–H groups in total. The predicted molar refractivity (Wildman–Crippen MR) is 89.8 cm³/mol. The van der Waals surface area contributed by atoms with E-state index in [0.717, 1.165) is 36.0 Å². The van der Waals surface area contributed by atoms with Crippen molar-refractivity contribution in [3.8, 4) is 18.2 Å². The van der Waals surface area contributed by atoms with Gasteiger partial charge in [-0.25, -0.2) is 0 Å². The highest BCUT2D eigenvalue weighted by molar-refractivity contribution is 5.59. The molecule has 0 radical (unpaired) electrons. The summed E-state index contributed by atoms with van der Waals surface area (Å²) in [6.07, 6.45) is 4.80. The molecule has 4 heteroatoms. The molecule has 2 aliphatic carbocycles. The van der Waals surface area contributed by atoms with Crippen LogP contribution in [0, 0.1) is 52.2 Å². The van der Waals surface area contributed by atoms with Crippen LogP contribution < -0.4 is 5.73 Å². The summed E-state index contributed by atoms with van der Waals surface area (Å²) in [7, 11) is 0. The Morgan fingerprint density at radius 2 is 1.79 bits per heavy atom. The fraction of sp³-hybridized carbons (Fsp3) is 0.350. The summed E-state index contributed by atoms with van der Waals surface area (Å²) >= 11 is 0. The lowest BCUT2D eigenvalue weighted by molar-refractivity contribution is 0.317. The monoisotopic (exact) mass is 314 g/mol. The first-order chi connectivity index (χ1) is 11.6. The van der Waals surface area contributed by atoms with Crippen LogP contribution in [0.3, 0.4) is 0 Å². The van der Waals surface area contributed by atoms with E-state index in [0.29, 0.717) is 5.57 Å². The number of nitrogens with zero attached hydrogens (tertiary/aromatic N) is 3. The third kappa shape index (κ3) is 2.10. The lowest BCUT2D eigenvalue weighted by atomic mass is 9.57. The molecule has 0 unspecified atom stereocenters. The minimum atomic E-state index is -1.50. The van der Waals surface area contributed by atoms with E-state index in [1.54, 1.807) is 0 Å². The van der Waals surface area contributed by atoms with Crippen molar-refractivity contribution >= 4 is 0 Å². The van der Waals surface area contributed by atoms with Crippen LogP contribution in [0.4, 0.5) is 0 Å². The molecule has 0 aliphatic heterocycles. The molecule has 0 saturated carbocycles. The maximum Gasteiger partial charge on any atom is 0.191 e. The van der Waals surface area contributed by atoms with Crippen molar-refractivity contribution in [1.29, 1.82) is 15.8 Å². The second kappa shape index (κ2) is 5.88. The van der Waals surface area contributed by atoms with Crippen molar-refractivity contribution in [2.45, 2.75) is 32.1 Å². The van der Waals surface area contributed by atoms with Gasteiger partial charge >= 0.3 is 0 Å². The molecule has 0 saturated heterocycles. The molecule has 4 nitrogen and oxygen atoms in total. The number of aryl methyl sites for hydroxylation is 1. The van der Waals surface area contributed by atoms with Crippen LogP contribution in [0.2, 0.25) is 0 Å². The third-order valence-corrected chi connectivity index (χ3v) is 5.24. The van der Waals surface area contributed by atoms with Gasteiger partial charge in [0.25, 0.3) is 0 Å². The molecule has 0 aromatic heterocycles. The Bertz CT molecular complexity index is 839. The second-order valence-corrected chi connectivity index (χ2v) is 6.52. The molecular weight excluding hydrogens is 296 g/mol. The Labute approximate surface area is 142 Å². The van der Waals surface area contributed by atoms with Crippen molar-refractivity contribution in [3.63, 3.8) is 0 Å². The number of rotatable bonds is 1. The van der Waals surface area contributed by atoms with E-state index >= 15 is 0 Å². The summed E-state index contributed by atoms with van der Waals surface area (Å²) in [4.78, 5) is 0. The highest BCUT2D eigenvalue weighted by atomic mass is 14.7. The van der Waals surface area contributed by atoms with Crippen LogP contribution in [0.5, 0.6) is 0 Å². The van der Waals surface area contributed by atoms with Crippen molar-refractivity contribution in [1.82, 2.24) is 0 Å². The summed E-state index contributed by atoms with van der Waals surface area (Å²) in [6.45, 7) is 2.00. The van der Waals surface area contributed by atoms with Gasteiger partial charge in [0.05, 0.1) is 23.4 Å². The van der Waals surface area contributed by atoms with Crippen LogP contribution in [0.15, 0.2) is 47.2 Å². The lowest BCUT2D eigenvalue weighted by Gasteiger charge is -2.43. The topological polar surface area (TPSA) is 97.4 Å². The Morgan fingerprint density at radius 1 is 1.12 bits per heavy atom. The van der Waals surface area contributed by atoms with E-state index in [1.807, 2.05) is 31.2 Å². The van der Waals surface area contributed by atoms with Gasteiger partial charge in [-0.2, -0.15) is 15.8 Å². The average molecular weight is 314 g/mol. The summed E-state index contributed by atoms with van der Waals surface area (Å²) in [5.41, 5.74) is 8.11. The molecule has 2 aliphatic rings. The number of hydrogen-bond donors (Lipinski definition) is 1. The highest BCUT2D eigenvalue weighted by Gasteiger charge is 2.53. The molecule has 0 fully saturated rings. The second-order valence-electron chi connectivity index (χ2n) is 6.52. The van der Waals surface area contributed by atoms with E-state index in [1.165, 1.54) is 0 Å². The van der Waals surface area contributed by atoms with Gasteiger partial charge in [0.1, 0.15) is 6.07 Å². The van der Waals surface area contributed by atoms with Crippen LogP contribution >= 0.6 is 0 Å². The molecule has 0 spiro atoms. The number of nitrogens with two attached hydrogens (primary N) is 1. The Morgan fingerprint density at radius 3 is 2.38 bits per heavy atom. The smallest absolute Gasteiger partial charge is 0.191 e. The molecule has 0 heterocycles. The minimum Gasteiger partial charge on any atom is -0.399 e. The fourth-order valence-corrected chi connectivity index (χ4v) is 4.02. The van der Waals surface area contributed by atoms with Gasteiger partial charge in [-0.05, 0) is 43.2 Å². The van der Waals surface area contributed by atoms with Gasteiger partial charge in [-0.1, -0.05) is 35.9 Å². The summed E-state index contributed by atoms with van der Waals surface area (Å²) in [5.74, 6) is -0.376. The zero-order chi connectivity index (χ0) is 17.3. The first kappa shape index (κ1) is 15.9. The van der Waals surface area contributed by atoms with E-state index in [4.69, 9.17) is 5.73 Å².